The summed E-state index contributed by atoms with van der Waals surface area (Å²) in [5, 5.41) is 0. The summed E-state index contributed by atoms with van der Waals surface area (Å²) in [4.78, 5) is 21.4. The van der Waals surface area contributed by atoms with E-state index in [0.29, 0.717) is 11.5 Å². The molecular formula is C16H26O4. The Morgan fingerprint density at radius 3 is 1.50 bits per heavy atom. The molecule has 0 N–H and O–H groups in total. The molecular weight excluding hydrogens is 256 g/mol. The number of aryl methyl sites for hydroxylation is 2. The topological polar surface area (TPSA) is 36.9 Å². The van der Waals surface area contributed by atoms with Gasteiger partial charge < -0.3 is 9.78 Å². The highest BCUT2D eigenvalue weighted by molar-refractivity contribution is 5.45. The number of rotatable bonds is 4. The molecule has 0 aliphatic heterocycles. The number of benzene rings is 1. The molecule has 0 radical (unpaired) electrons. The first-order valence-corrected chi connectivity index (χ1v) is 6.80. The van der Waals surface area contributed by atoms with Gasteiger partial charge in [0.1, 0.15) is 11.2 Å². The quantitative estimate of drug-likeness (QED) is 0.601. The summed E-state index contributed by atoms with van der Waals surface area (Å²) >= 11 is 0. The Hall–Kier alpha value is -1.26. The van der Waals surface area contributed by atoms with E-state index in [1.165, 1.54) is 0 Å². The third-order valence-corrected chi connectivity index (χ3v) is 2.20. The SMILES string of the molecule is Cc1cc(OOC(C)(C)C)cc(C)c1OOC(C)(C)C. The van der Waals surface area contributed by atoms with Crippen LogP contribution in [0.2, 0.25) is 0 Å². The summed E-state index contributed by atoms with van der Waals surface area (Å²) in [7, 11) is 0. The molecule has 0 amide bonds. The molecule has 0 aliphatic carbocycles. The van der Waals surface area contributed by atoms with E-state index in [4.69, 9.17) is 19.6 Å². The van der Waals surface area contributed by atoms with E-state index < -0.39 is 0 Å². The van der Waals surface area contributed by atoms with E-state index in [1.54, 1.807) is 0 Å². The fourth-order valence-corrected chi connectivity index (χ4v) is 1.43. The average molecular weight is 282 g/mol. The summed E-state index contributed by atoms with van der Waals surface area (Å²) < 4.78 is 0. The molecule has 114 valence electrons. The molecule has 0 atom stereocenters. The minimum absolute atomic E-state index is 0.355. The Kier molecular flexibility index (Phi) is 5.05. The lowest BCUT2D eigenvalue weighted by molar-refractivity contribution is -0.277. The van der Waals surface area contributed by atoms with Crippen molar-refractivity contribution >= 4 is 0 Å². The van der Waals surface area contributed by atoms with Crippen LogP contribution in [-0.2, 0) is 9.78 Å². The molecule has 0 heterocycles. The Balaban J connectivity index is 2.81. The lowest BCUT2D eigenvalue weighted by atomic mass is 10.1. The molecule has 20 heavy (non-hydrogen) atoms. The zero-order valence-corrected chi connectivity index (χ0v) is 13.8. The molecule has 0 saturated carbocycles. The van der Waals surface area contributed by atoms with E-state index in [9.17, 15) is 0 Å². The molecule has 0 saturated heterocycles. The Bertz CT molecular complexity index is 430. The van der Waals surface area contributed by atoms with Gasteiger partial charge in [0.2, 0.25) is 0 Å². The van der Waals surface area contributed by atoms with E-state index >= 15 is 0 Å². The van der Waals surface area contributed by atoms with Gasteiger partial charge in [0.25, 0.3) is 0 Å². The second-order valence-electron chi connectivity index (χ2n) is 6.94. The van der Waals surface area contributed by atoms with Crippen LogP contribution in [0, 0.1) is 13.8 Å². The van der Waals surface area contributed by atoms with Crippen molar-refractivity contribution in [3.8, 4) is 11.5 Å². The van der Waals surface area contributed by atoms with Crippen molar-refractivity contribution in [2.45, 2.75) is 66.6 Å². The predicted octanol–water partition coefficient (Wildman–Crippen LogP) is 4.52. The summed E-state index contributed by atoms with van der Waals surface area (Å²) in [6, 6.07) is 3.72. The molecule has 4 heteroatoms. The minimum atomic E-state index is -0.358. The molecule has 1 rings (SSSR count). The van der Waals surface area contributed by atoms with Gasteiger partial charge in [0.05, 0.1) is 0 Å². The highest BCUT2D eigenvalue weighted by Crippen LogP contribution is 2.30. The zero-order valence-electron chi connectivity index (χ0n) is 13.8. The first-order valence-electron chi connectivity index (χ1n) is 6.80. The van der Waals surface area contributed by atoms with Crippen LogP contribution in [0.5, 0.6) is 11.5 Å². The first kappa shape index (κ1) is 16.8. The van der Waals surface area contributed by atoms with Gasteiger partial charge >= 0.3 is 0 Å². The second kappa shape index (κ2) is 6.02. The van der Waals surface area contributed by atoms with Crippen molar-refractivity contribution in [1.82, 2.24) is 0 Å². The molecule has 0 unspecified atom stereocenters. The lowest BCUT2D eigenvalue weighted by Gasteiger charge is -2.21. The molecule has 4 nitrogen and oxygen atoms in total. The summed E-state index contributed by atoms with van der Waals surface area (Å²) in [5.41, 5.74) is 1.15. The van der Waals surface area contributed by atoms with Gasteiger partial charge in [-0.05, 0) is 78.6 Å². The first-order chi connectivity index (χ1) is 8.98. The maximum Gasteiger partial charge on any atom is 0.171 e. The van der Waals surface area contributed by atoms with E-state index in [0.717, 1.165) is 11.1 Å². The normalized spacial score (nSPS) is 12.4. The standard InChI is InChI=1S/C16H26O4/c1-11-9-13(17-19-15(3,4)5)10-12(2)14(11)18-20-16(6,7)8/h9-10H,1-8H3. The van der Waals surface area contributed by atoms with Crippen molar-refractivity contribution in [3.05, 3.63) is 23.3 Å². The highest BCUT2D eigenvalue weighted by Gasteiger charge is 2.17. The molecule has 0 bridgehead atoms. The maximum atomic E-state index is 5.44. The third-order valence-electron chi connectivity index (χ3n) is 2.20. The van der Waals surface area contributed by atoms with Gasteiger partial charge in [0.15, 0.2) is 11.5 Å². The summed E-state index contributed by atoms with van der Waals surface area (Å²) in [5.74, 6) is 1.36. The molecule has 0 spiro atoms. The van der Waals surface area contributed by atoms with Crippen molar-refractivity contribution in [2.75, 3.05) is 0 Å². The highest BCUT2D eigenvalue weighted by atomic mass is 17.2. The number of hydrogen-bond acceptors (Lipinski definition) is 4. The fourth-order valence-electron chi connectivity index (χ4n) is 1.43. The van der Waals surface area contributed by atoms with Gasteiger partial charge in [-0.1, -0.05) is 0 Å². The van der Waals surface area contributed by atoms with Crippen LogP contribution < -0.4 is 9.78 Å². The van der Waals surface area contributed by atoms with Crippen LogP contribution >= 0.6 is 0 Å². The van der Waals surface area contributed by atoms with Crippen LogP contribution in [0.15, 0.2) is 12.1 Å². The largest absolute Gasteiger partial charge is 0.337 e. The summed E-state index contributed by atoms with van der Waals surface area (Å²) in [6.45, 7) is 15.5. The molecule has 0 aliphatic rings. The second-order valence-corrected chi connectivity index (χ2v) is 6.94. The Labute approximate surface area is 121 Å². The minimum Gasteiger partial charge on any atom is -0.337 e. The fraction of sp³-hybridized carbons (Fsp3) is 0.625. The Morgan fingerprint density at radius 1 is 0.700 bits per heavy atom. The zero-order chi connectivity index (χ0) is 15.6. The van der Waals surface area contributed by atoms with Gasteiger partial charge in [-0.25, -0.2) is 0 Å². The van der Waals surface area contributed by atoms with Gasteiger partial charge in [-0.2, -0.15) is 9.78 Å². The monoisotopic (exact) mass is 282 g/mol. The molecule has 0 aromatic heterocycles. The number of hydrogen-bond donors (Lipinski definition) is 0. The summed E-state index contributed by atoms with van der Waals surface area (Å²) in [6.07, 6.45) is 0. The van der Waals surface area contributed by atoms with Crippen LogP contribution in [0.25, 0.3) is 0 Å². The van der Waals surface area contributed by atoms with Crippen LogP contribution in [-0.4, -0.2) is 11.2 Å². The van der Waals surface area contributed by atoms with E-state index in [-0.39, 0.29) is 11.2 Å². The molecule has 0 fully saturated rings. The van der Waals surface area contributed by atoms with Gasteiger partial charge in [-0.3, -0.25) is 0 Å². The van der Waals surface area contributed by atoms with Crippen LogP contribution in [0.4, 0.5) is 0 Å². The Morgan fingerprint density at radius 2 is 1.10 bits per heavy atom. The predicted molar refractivity (Wildman–Crippen MR) is 78.8 cm³/mol. The maximum absolute atomic E-state index is 5.44. The van der Waals surface area contributed by atoms with E-state index in [1.807, 2.05) is 67.5 Å². The van der Waals surface area contributed by atoms with Gasteiger partial charge in [0, 0.05) is 0 Å². The van der Waals surface area contributed by atoms with Crippen molar-refractivity contribution in [1.29, 1.82) is 0 Å². The van der Waals surface area contributed by atoms with Crippen molar-refractivity contribution < 1.29 is 19.6 Å². The lowest BCUT2D eigenvalue weighted by Crippen LogP contribution is -2.22. The van der Waals surface area contributed by atoms with Crippen LogP contribution in [0.1, 0.15) is 52.7 Å². The van der Waals surface area contributed by atoms with E-state index in [2.05, 4.69) is 0 Å². The molecule has 1 aromatic rings. The van der Waals surface area contributed by atoms with Gasteiger partial charge in [-0.15, -0.1) is 0 Å². The smallest absolute Gasteiger partial charge is 0.171 e. The van der Waals surface area contributed by atoms with Crippen molar-refractivity contribution in [2.24, 2.45) is 0 Å². The van der Waals surface area contributed by atoms with Crippen LogP contribution in [0.3, 0.4) is 0 Å². The average Bonchev–Trinajstić information content (AvgIpc) is 2.22. The van der Waals surface area contributed by atoms with Crippen molar-refractivity contribution in [3.63, 3.8) is 0 Å². The molecule has 1 aromatic carbocycles. The third kappa shape index (κ3) is 5.80.